The lowest BCUT2D eigenvalue weighted by Crippen LogP contribution is -2.30. The fourth-order valence-electron chi connectivity index (χ4n) is 7.38. The molecule has 0 amide bonds. The van der Waals surface area contributed by atoms with E-state index in [4.69, 9.17) is 14.2 Å². The number of carbonyl (C=O) groups is 3. The van der Waals surface area contributed by atoms with Gasteiger partial charge >= 0.3 is 17.9 Å². The van der Waals surface area contributed by atoms with Crippen molar-refractivity contribution in [2.45, 2.75) is 232 Å². The molecule has 1 atom stereocenters. The van der Waals surface area contributed by atoms with Crippen molar-refractivity contribution in [2.75, 3.05) is 13.2 Å². The summed E-state index contributed by atoms with van der Waals surface area (Å²) in [7, 11) is 0. The minimum absolute atomic E-state index is 0.122. The van der Waals surface area contributed by atoms with Gasteiger partial charge in [0.1, 0.15) is 13.2 Å². The summed E-state index contributed by atoms with van der Waals surface area (Å²) in [5, 5.41) is 0. The largest absolute Gasteiger partial charge is 0.462 e. The predicted octanol–water partition coefficient (Wildman–Crippen LogP) is 20.3. The molecule has 1 unspecified atom stereocenters. The fourth-order valence-corrected chi connectivity index (χ4v) is 7.38. The molecule has 0 aliphatic rings. The summed E-state index contributed by atoms with van der Waals surface area (Å²) in [6.07, 6.45) is 90.6. The van der Waals surface area contributed by atoms with Crippen LogP contribution in [0.15, 0.2) is 170 Å². The maximum Gasteiger partial charge on any atom is 0.306 e. The Bertz CT molecular complexity index is 1750. The van der Waals surface area contributed by atoms with Crippen LogP contribution in [0, 0.1) is 0 Å². The molecule has 0 saturated heterocycles. The van der Waals surface area contributed by atoms with E-state index in [-0.39, 0.29) is 44.0 Å². The SMILES string of the molecule is CC/C=C\C/C=C\C/C=C\C/C=C\C/C=C\CCCCCC(=O)OC(COC(=O)CCC/C=C\C/C=C\C/C=C\C/C=C\C/C=C\CC)COC(=O)CCCCCCCCCC/C=C\C/C=C\C/C=C\C/C=C\CC. The molecule has 0 rings (SSSR count). The Kier molecular flexibility index (Phi) is 57.0. The molecule has 0 N–H and O–H groups in total. The van der Waals surface area contributed by atoms with Crippen LogP contribution >= 0.6 is 0 Å². The summed E-state index contributed by atoms with van der Waals surface area (Å²) in [5.74, 6) is -1.03. The highest BCUT2D eigenvalue weighted by Crippen LogP contribution is 2.13. The Hall–Kier alpha value is -5.23. The average molecular weight is 1030 g/mol. The second-order valence-electron chi connectivity index (χ2n) is 18.8. The van der Waals surface area contributed by atoms with Crippen LogP contribution in [0.1, 0.15) is 226 Å². The van der Waals surface area contributed by atoms with Crippen molar-refractivity contribution in [1.29, 1.82) is 0 Å². The smallest absolute Gasteiger partial charge is 0.306 e. The van der Waals surface area contributed by atoms with Gasteiger partial charge in [-0.3, -0.25) is 14.4 Å². The number of rotatable bonds is 51. The van der Waals surface area contributed by atoms with Gasteiger partial charge in [-0.25, -0.2) is 0 Å². The Morgan fingerprint density at radius 3 is 0.813 bits per heavy atom. The molecule has 0 heterocycles. The molecular formula is C69H106O6. The molecule has 0 saturated carbocycles. The molecule has 0 spiro atoms. The van der Waals surface area contributed by atoms with Gasteiger partial charge in [0, 0.05) is 19.3 Å². The number of esters is 3. The van der Waals surface area contributed by atoms with Gasteiger partial charge in [0.15, 0.2) is 6.10 Å². The summed E-state index contributed by atoms with van der Waals surface area (Å²) in [6, 6.07) is 0. The lowest BCUT2D eigenvalue weighted by atomic mass is 10.1. The molecule has 418 valence electrons. The standard InChI is InChI=1S/C69H106O6/c1-4-7-10-13-16-19-22-25-28-31-33-34-36-38-41-44-47-50-53-56-59-62-68(71)74-65-66(64-73-67(70)61-58-55-52-49-46-43-40-37-30-27-24-21-18-15-12-9-6-3)75-69(72)63-60-57-54-51-48-45-42-39-35-32-29-26-23-20-17-14-11-8-5-2/h7-12,16-21,25-30,33-35,39-40,43,45,48-49,52,66H,4-6,13-15,22-24,31-32,36-38,41-42,44,46-47,50-51,53-65H2,1-3H3/b10-7-,11-8-,12-9-,19-16-,20-17-,21-18-,28-25-,29-26-,30-27-,34-33-,39-35-,43-40-,48-45-,52-49-. The number of unbranched alkanes of at least 4 members (excludes halogenated alkanes) is 12. The number of hydrogen-bond acceptors (Lipinski definition) is 6. The van der Waals surface area contributed by atoms with E-state index < -0.39 is 6.10 Å². The van der Waals surface area contributed by atoms with Crippen LogP contribution < -0.4 is 0 Å². The highest BCUT2D eigenvalue weighted by atomic mass is 16.6. The monoisotopic (exact) mass is 1030 g/mol. The minimum atomic E-state index is -0.833. The number of allylic oxidation sites excluding steroid dienone is 28. The summed E-state index contributed by atoms with van der Waals surface area (Å²) in [5.41, 5.74) is 0. The molecule has 0 aromatic rings. The van der Waals surface area contributed by atoms with E-state index in [9.17, 15) is 14.4 Å². The summed E-state index contributed by atoms with van der Waals surface area (Å²) >= 11 is 0. The van der Waals surface area contributed by atoms with E-state index in [2.05, 4.69) is 191 Å². The van der Waals surface area contributed by atoms with Crippen molar-refractivity contribution in [2.24, 2.45) is 0 Å². The zero-order chi connectivity index (χ0) is 54.3. The van der Waals surface area contributed by atoms with E-state index in [0.717, 1.165) is 141 Å². The topological polar surface area (TPSA) is 78.9 Å². The van der Waals surface area contributed by atoms with Crippen LogP contribution in [-0.4, -0.2) is 37.2 Å². The van der Waals surface area contributed by atoms with E-state index in [1.54, 1.807) is 0 Å². The minimum Gasteiger partial charge on any atom is -0.462 e. The van der Waals surface area contributed by atoms with E-state index in [1.807, 2.05) is 0 Å². The zero-order valence-electron chi connectivity index (χ0n) is 47.7. The zero-order valence-corrected chi connectivity index (χ0v) is 47.7. The molecule has 6 heteroatoms. The van der Waals surface area contributed by atoms with E-state index in [1.165, 1.54) is 32.1 Å². The van der Waals surface area contributed by atoms with Crippen LogP contribution in [0.3, 0.4) is 0 Å². The van der Waals surface area contributed by atoms with Gasteiger partial charge in [-0.2, -0.15) is 0 Å². The van der Waals surface area contributed by atoms with Gasteiger partial charge in [0.05, 0.1) is 0 Å². The third kappa shape index (κ3) is 59.5. The van der Waals surface area contributed by atoms with Crippen LogP contribution in [0.4, 0.5) is 0 Å². The summed E-state index contributed by atoms with van der Waals surface area (Å²) in [4.78, 5) is 38.2. The van der Waals surface area contributed by atoms with Crippen molar-refractivity contribution in [3.63, 3.8) is 0 Å². The molecule has 6 nitrogen and oxygen atoms in total. The van der Waals surface area contributed by atoms with Gasteiger partial charge in [-0.15, -0.1) is 0 Å². The molecule has 0 fully saturated rings. The van der Waals surface area contributed by atoms with Gasteiger partial charge in [-0.1, -0.05) is 236 Å². The Labute approximate surface area is 460 Å². The molecule has 75 heavy (non-hydrogen) atoms. The molecular weight excluding hydrogens is 925 g/mol. The van der Waals surface area contributed by atoms with Crippen molar-refractivity contribution in [3.8, 4) is 0 Å². The number of carbonyl (C=O) groups excluding carboxylic acids is 3. The first-order chi connectivity index (χ1) is 37.0. The predicted molar refractivity (Wildman–Crippen MR) is 325 cm³/mol. The van der Waals surface area contributed by atoms with Gasteiger partial charge < -0.3 is 14.2 Å². The lowest BCUT2D eigenvalue weighted by Gasteiger charge is -2.18. The third-order valence-corrected chi connectivity index (χ3v) is 11.7. The van der Waals surface area contributed by atoms with Gasteiger partial charge in [-0.05, 0) is 141 Å². The fraction of sp³-hybridized carbons (Fsp3) is 0.551. The molecule has 0 aromatic carbocycles. The Morgan fingerprint density at radius 2 is 0.493 bits per heavy atom. The first-order valence-electron chi connectivity index (χ1n) is 29.6. The van der Waals surface area contributed by atoms with E-state index in [0.29, 0.717) is 19.3 Å². The molecule has 0 aliphatic carbocycles. The quantitative estimate of drug-likeness (QED) is 0.0261. The third-order valence-electron chi connectivity index (χ3n) is 11.7. The van der Waals surface area contributed by atoms with E-state index >= 15 is 0 Å². The number of ether oxygens (including phenoxy) is 3. The van der Waals surface area contributed by atoms with Crippen LogP contribution in [0.25, 0.3) is 0 Å². The average Bonchev–Trinajstić information content (AvgIpc) is 3.41. The van der Waals surface area contributed by atoms with Crippen molar-refractivity contribution in [1.82, 2.24) is 0 Å². The lowest BCUT2D eigenvalue weighted by molar-refractivity contribution is -0.167. The van der Waals surface area contributed by atoms with Crippen LogP contribution in [-0.2, 0) is 28.6 Å². The van der Waals surface area contributed by atoms with Crippen molar-refractivity contribution >= 4 is 17.9 Å². The van der Waals surface area contributed by atoms with Crippen LogP contribution in [0.2, 0.25) is 0 Å². The number of hydrogen-bond donors (Lipinski definition) is 0. The normalized spacial score (nSPS) is 13.4. The second-order valence-corrected chi connectivity index (χ2v) is 18.8. The second kappa shape index (κ2) is 61.3. The summed E-state index contributed by atoms with van der Waals surface area (Å²) < 4.78 is 16.8. The molecule has 0 bridgehead atoms. The maximum absolute atomic E-state index is 12.9. The highest BCUT2D eigenvalue weighted by Gasteiger charge is 2.19. The Balaban J connectivity index is 4.57. The first kappa shape index (κ1) is 69.8. The van der Waals surface area contributed by atoms with Gasteiger partial charge in [0.25, 0.3) is 0 Å². The molecule has 0 radical (unpaired) electrons. The van der Waals surface area contributed by atoms with Crippen LogP contribution in [0.5, 0.6) is 0 Å². The first-order valence-corrected chi connectivity index (χ1v) is 29.6. The maximum atomic E-state index is 12.9. The molecule has 0 aromatic heterocycles. The molecule has 0 aliphatic heterocycles. The van der Waals surface area contributed by atoms with Gasteiger partial charge in [0.2, 0.25) is 0 Å². The highest BCUT2D eigenvalue weighted by molar-refractivity contribution is 5.71. The summed E-state index contributed by atoms with van der Waals surface area (Å²) in [6.45, 7) is 6.20. The Morgan fingerprint density at radius 1 is 0.267 bits per heavy atom. The van der Waals surface area contributed by atoms with Crippen molar-refractivity contribution in [3.05, 3.63) is 170 Å². The van der Waals surface area contributed by atoms with Crippen molar-refractivity contribution < 1.29 is 28.6 Å².